The fourth-order valence-corrected chi connectivity index (χ4v) is 5.13. The van der Waals surface area contributed by atoms with Crippen LogP contribution in [-0.2, 0) is 12.8 Å². The zero-order chi connectivity index (χ0) is 32.2. The van der Waals surface area contributed by atoms with E-state index in [0.29, 0.717) is 35.8 Å². The Hall–Kier alpha value is -5.96. The number of rotatable bonds is 8. The summed E-state index contributed by atoms with van der Waals surface area (Å²) in [5, 5.41) is 35.2. The largest absolute Gasteiger partial charge is 0.388 e. The van der Waals surface area contributed by atoms with Crippen molar-refractivity contribution < 1.29 is 18.9 Å². The lowest BCUT2D eigenvalue weighted by atomic mass is 9.96. The van der Waals surface area contributed by atoms with Gasteiger partial charge in [-0.3, -0.25) is 0 Å². The standard InChI is InChI=1S/C19H18N2O2.C17H14N2O2/c1-12-5-14(3)18(22-10-20)16(7-12)9-17-8-13(2)6-15(4)19(17)23-11-21;1-12-3-5-16(20-10-18)14(7-12)9-15-8-13(2)4-6-17(15)21-11-19/h5-8H,9H2,1-4H3;3-8H,9H2,1-2H3. The first-order chi connectivity index (χ1) is 21.1. The van der Waals surface area contributed by atoms with Crippen LogP contribution in [0.15, 0.2) is 60.7 Å². The number of ether oxygens (including phenoxy) is 4. The minimum Gasteiger partial charge on any atom is -0.388 e. The van der Waals surface area contributed by atoms with E-state index < -0.39 is 0 Å². The van der Waals surface area contributed by atoms with E-state index in [-0.39, 0.29) is 0 Å². The predicted molar refractivity (Wildman–Crippen MR) is 165 cm³/mol. The second kappa shape index (κ2) is 15.3. The van der Waals surface area contributed by atoms with Crippen molar-refractivity contribution >= 4 is 0 Å². The molecular formula is C36H32N4O4. The highest BCUT2D eigenvalue weighted by atomic mass is 16.5. The molecule has 4 aromatic carbocycles. The van der Waals surface area contributed by atoms with Crippen LogP contribution in [0.25, 0.3) is 0 Å². The molecule has 0 saturated carbocycles. The molecule has 0 aromatic heterocycles. The topological polar surface area (TPSA) is 132 Å². The minimum absolute atomic E-state index is 0.521. The molecule has 0 heterocycles. The monoisotopic (exact) mass is 584 g/mol. The summed E-state index contributed by atoms with van der Waals surface area (Å²) >= 11 is 0. The van der Waals surface area contributed by atoms with E-state index in [0.717, 1.165) is 55.6 Å². The first-order valence-corrected chi connectivity index (χ1v) is 13.7. The average Bonchev–Trinajstić information content (AvgIpc) is 2.96. The van der Waals surface area contributed by atoms with Crippen molar-refractivity contribution in [2.45, 2.75) is 54.4 Å². The Morgan fingerprint density at radius 3 is 1.14 bits per heavy atom. The second-order valence-electron chi connectivity index (χ2n) is 10.5. The van der Waals surface area contributed by atoms with Gasteiger partial charge in [-0.05, 0) is 64.8 Å². The number of aryl methyl sites for hydroxylation is 6. The molecule has 0 atom stereocenters. The third-order valence-corrected chi connectivity index (χ3v) is 6.79. The van der Waals surface area contributed by atoms with Crippen LogP contribution < -0.4 is 18.9 Å². The molecule has 0 bridgehead atoms. The highest BCUT2D eigenvalue weighted by Gasteiger charge is 2.15. The Morgan fingerprint density at radius 2 is 0.773 bits per heavy atom. The maximum Gasteiger partial charge on any atom is 0.292 e. The summed E-state index contributed by atoms with van der Waals surface area (Å²) in [6.45, 7) is 11.8. The number of benzene rings is 4. The summed E-state index contributed by atoms with van der Waals surface area (Å²) in [6, 6.07) is 19.2. The third kappa shape index (κ3) is 8.53. The highest BCUT2D eigenvalue weighted by molar-refractivity contribution is 5.51. The van der Waals surface area contributed by atoms with Crippen LogP contribution in [0, 0.1) is 87.6 Å². The molecule has 220 valence electrons. The van der Waals surface area contributed by atoms with Gasteiger partial charge in [0.05, 0.1) is 0 Å². The summed E-state index contributed by atoms with van der Waals surface area (Å²) in [7, 11) is 0. The number of nitrogens with zero attached hydrogens (tertiary/aromatic N) is 4. The minimum atomic E-state index is 0.521. The molecule has 4 aromatic rings. The van der Waals surface area contributed by atoms with Crippen molar-refractivity contribution in [2.24, 2.45) is 0 Å². The van der Waals surface area contributed by atoms with E-state index in [1.807, 2.05) is 90.1 Å². The first kappa shape index (κ1) is 32.6. The van der Waals surface area contributed by atoms with Crippen molar-refractivity contribution in [2.75, 3.05) is 0 Å². The van der Waals surface area contributed by atoms with Gasteiger partial charge in [0.1, 0.15) is 23.0 Å². The molecule has 0 saturated heterocycles. The van der Waals surface area contributed by atoms with E-state index in [1.165, 1.54) is 0 Å². The fourth-order valence-electron chi connectivity index (χ4n) is 5.13. The Morgan fingerprint density at radius 1 is 0.432 bits per heavy atom. The van der Waals surface area contributed by atoms with Crippen molar-refractivity contribution in [3.63, 3.8) is 0 Å². The summed E-state index contributed by atoms with van der Waals surface area (Å²) < 4.78 is 20.3. The van der Waals surface area contributed by atoms with Gasteiger partial charge in [-0.2, -0.15) is 0 Å². The normalized spacial score (nSPS) is 9.68. The second-order valence-corrected chi connectivity index (χ2v) is 10.5. The average molecular weight is 585 g/mol. The van der Waals surface area contributed by atoms with Gasteiger partial charge in [-0.15, -0.1) is 21.0 Å². The van der Waals surface area contributed by atoms with Gasteiger partial charge in [0.15, 0.2) is 0 Å². The Kier molecular flexibility index (Phi) is 11.3. The van der Waals surface area contributed by atoms with Crippen LogP contribution >= 0.6 is 0 Å². The highest BCUT2D eigenvalue weighted by Crippen LogP contribution is 2.33. The molecule has 0 spiro atoms. The van der Waals surface area contributed by atoms with E-state index in [1.54, 1.807) is 37.2 Å². The van der Waals surface area contributed by atoms with Gasteiger partial charge < -0.3 is 18.9 Å². The zero-order valence-electron chi connectivity index (χ0n) is 25.6. The van der Waals surface area contributed by atoms with Crippen LogP contribution in [-0.4, -0.2) is 0 Å². The maximum absolute atomic E-state index is 8.89. The first-order valence-electron chi connectivity index (χ1n) is 13.7. The Labute approximate surface area is 258 Å². The Bertz CT molecular complexity index is 1700. The fraction of sp³-hybridized carbons (Fsp3) is 0.222. The smallest absolute Gasteiger partial charge is 0.292 e. The van der Waals surface area contributed by atoms with E-state index in [9.17, 15) is 0 Å². The van der Waals surface area contributed by atoms with Crippen molar-refractivity contribution in [3.05, 3.63) is 116 Å². The molecule has 0 radical (unpaired) electrons. The molecule has 0 aliphatic rings. The summed E-state index contributed by atoms with van der Waals surface area (Å²) in [6.07, 6.45) is 7.95. The predicted octanol–water partition coefficient (Wildman–Crippen LogP) is 7.84. The molecule has 0 aliphatic heterocycles. The van der Waals surface area contributed by atoms with Crippen LogP contribution in [0.5, 0.6) is 23.0 Å². The summed E-state index contributed by atoms with van der Waals surface area (Å²) in [5.74, 6) is 2.18. The third-order valence-electron chi connectivity index (χ3n) is 6.79. The summed E-state index contributed by atoms with van der Waals surface area (Å²) in [5.41, 5.74) is 9.71. The molecule has 0 amide bonds. The molecular weight excluding hydrogens is 552 g/mol. The molecule has 8 heteroatoms. The molecule has 8 nitrogen and oxygen atoms in total. The van der Waals surface area contributed by atoms with E-state index in [2.05, 4.69) is 0 Å². The SMILES string of the molecule is Cc1cc(C)c(OC#N)c(Cc2cc(C)cc(C)c2OC#N)c1.Cc1ccc(OC#N)c(Cc2cc(C)ccc2OC#N)c1. The van der Waals surface area contributed by atoms with Gasteiger partial charge >= 0.3 is 0 Å². The lowest BCUT2D eigenvalue weighted by Gasteiger charge is -2.14. The van der Waals surface area contributed by atoms with E-state index >= 15 is 0 Å². The van der Waals surface area contributed by atoms with Crippen LogP contribution in [0.4, 0.5) is 0 Å². The number of hydrogen-bond donors (Lipinski definition) is 0. The van der Waals surface area contributed by atoms with Gasteiger partial charge in [0.25, 0.3) is 25.0 Å². The van der Waals surface area contributed by atoms with Crippen LogP contribution in [0.1, 0.15) is 55.6 Å². The maximum atomic E-state index is 8.89. The van der Waals surface area contributed by atoms with Crippen molar-refractivity contribution in [1.29, 1.82) is 21.0 Å². The molecule has 0 N–H and O–H groups in total. The summed E-state index contributed by atoms with van der Waals surface area (Å²) in [4.78, 5) is 0. The van der Waals surface area contributed by atoms with Gasteiger partial charge in [-0.25, -0.2) is 0 Å². The number of hydrogen-bond acceptors (Lipinski definition) is 8. The quantitative estimate of drug-likeness (QED) is 0.191. The molecule has 4 rings (SSSR count). The lowest BCUT2D eigenvalue weighted by Crippen LogP contribution is -2.01. The van der Waals surface area contributed by atoms with E-state index in [4.69, 9.17) is 40.0 Å². The molecule has 44 heavy (non-hydrogen) atoms. The molecule has 0 fully saturated rings. The van der Waals surface area contributed by atoms with Gasteiger partial charge in [0.2, 0.25) is 0 Å². The Balaban J connectivity index is 0.000000241. The van der Waals surface area contributed by atoms with Crippen LogP contribution in [0.3, 0.4) is 0 Å². The lowest BCUT2D eigenvalue weighted by molar-refractivity contribution is 0.490. The molecule has 0 aliphatic carbocycles. The molecule has 0 unspecified atom stereocenters. The van der Waals surface area contributed by atoms with Gasteiger partial charge in [0, 0.05) is 35.1 Å². The van der Waals surface area contributed by atoms with Crippen LogP contribution in [0.2, 0.25) is 0 Å². The van der Waals surface area contributed by atoms with Crippen molar-refractivity contribution in [1.82, 2.24) is 0 Å². The van der Waals surface area contributed by atoms with Gasteiger partial charge in [-0.1, -0.05) is 70.8 Å². The van der Waals surface area contributed by atoms with Crippen molar-refractivity contribution in [3.8, 4) is 48.0 Å². The number of nitriles is 4. The zero-order valence-corrected chi connectivity index (χ0v) is 25.6.